The first-order chi connectivity index (χ1) is 5.82. The molecule has 0 saturated heterocycles. The standard InChI is InChI=1S/C7H9N2.3CH3.Sn/c1-5-4-8-6(2)7(3)9-5;;;;/h1-3H3;3*1H3;. The first-order valence-electron chi connectivity index (χ1n) is 4.64. The SMILES string of the molecule is Cc1nc(C)[c]([Sn]([CH3])([CH3])[CH3])nc1C. The predicted molar refractivity (Wildman–Crippen MR) is 59.2 cm³/mol. The van der Waals surface area contributed by atoms with E-state index in [1.807, 2.05) is 13.8 Å². The van der Waals surface area contributed by atoms with Gasteiger partial charge < -0.3 is 0 Å². The van der Waals surface area contributed by atoms with Gasteiger partial charge in [0, 0.05) is 0 Å². The molecule has 0 radical (unpaired) electrons. The minimum absolute atomic E-state index is 1.07. The molecule has 0 unspecified atom stereocenters. The van der Waals surface area contributed by atoms with Crippen LogP contribution in [-0.2, 0) is 0 Å². The van der Waals surface area contributed by atoms with Crippen molar-refractivity contribution < 1.29 is 0 Å². The van der Waals surface area contributed by atoms with Crippen LogP contribution in [0.3, 0.4) is 0 Å². The molecule has 0 saturated carbocycles. The van der Waals surface area contributed by atoms with E-state index in [0.29, 0.717) is 0 Å². The van der Waals surface area contributed by atoms with Crippen LogP contribution in [0.4, 0.5) is 0 Å². The van der Waals surface area contributed by atoms with E-state index in [4.69, 9.17) is 0 Å². The van der Waals surface area contributed by atoms with Gasteiger partial charge in [-0.05, 0) is 0 Å². The van der Waals surface area contributed by atoms with E-state index < -0.39 is 18.4 Å². The molecule has 0 bridgehead atoms. The average molecular weight is 285 g/mol. The van der Waals surface area contributed by atoms with Crippen LogP contribution >= 0.6 is 0 Å². The van der Waals surface area contributed by atoms with Crippen LogP contribution in [0.5, 0.6) is 0 Å². The summed E-state index contributed by atoms with van der Waals surface area (Å²) in [6, 6.07) is 0. The van der Waals surface area contributed by atoms with E-state index >= 15 is 0 Å². The molecule has 0 aliphatic rings. The molecule has 13 heavy (non-hydrogen) atoms. The molecular weight excluding hydrogens is 267 g/mol. The summed E-state index contributed by atoms with van der Waals surface area (Å²) in [5, 5.41) is 0. The van der Waals surface area contributed by atoms with Crippen molar-refractivity contribution in [1.29, 1.82) is 0 Å². The van der Waals surface area contributed by atoms with E-state index in [1.165, 1.54) is 3.71 Å². The second-order valence-electron chi connectivity index (χ2n) is 4.58. The molecule has 0 spiro atoms. The molecule has 0 aliphatic heterocycles. The van der Waals surface area contributed by atoms with Gasteiger partial charge in [-0.1, -0.05) is 0 Å². The Labute approximate surface area is 84.7 Å². The molecule has 72 valence electrons. The Hall–Kier alpha value is -0.121. The monoisotopic (exact) mass is 286 g/mol. The minimum atomic E-state index is -2.02. The fourth-order valence-corrected chi connectivity index (χ4v) is 6.12. The number of aromatic nitrogens is 2. The Kier molecular flexibility index (Phi) is 3.00. The van der Waals surface area contributed by atoms with Crippen molar-refractivity contribution in [3.8, 4) is 0 Å². The van der Waals surface area contributed by atoms with Gasteiger partial charge in [0.25, 0.3) is 0 Å². The normalized spacial score (nSPS) is 11.8. The zero-order chi connectivity index (χ0) is 10.2. The average Bonchev–Trinajstić information content (AvgIpc) is 1.94. The van der Waals surface area contributed by atoms with Gasteiger partial charge >= 0.3 is 84.7 Å². The summed E-state index contributed by atoms with van der Waals surface area (Å²) in [5.41, 5.74) is 3.30. The molecular formula is C10H18N2Sn. The molecule has 0 N–H and O–H groups in total. The van der Waals surface area contributed by atoms with E-state index in [2.05, 4.69) is 31.7 Å². The zero-order valence-corrected chi connectivity index (χ0v) is 12.2. The Balaban J connectivity index is 3.32. The van der Waals surface area contributed by atoms with Crippen molar-refractivity contribution in [3.05, 3.63) is 17.1 Å². The van der Waals surface area contributed by atoms with Crippen LogP contribution in [-0.4, -0.2) is 28.3 Å². The quantitative estimate of drug-likeness (QED) is 0.737. The first-order valence-corrected chi connectivity index (χ1v) is 14.6. The van der Waals surface area contributed by atoms with Gasteiger partial charge in [-0.3, -0.25) is 0 Å². The van der Waals surface area contributed by atoms with Crippen molar-refractivity contribution in [3.63, 3.8) is 0 Å². The third-order valence-electron chi connectivity index (χ3n) is 2.19. The Morgan fingerprint density at radius 3 is 1.69 bits per heavy atom. The van der Waals surface area contributed by atoms with Crippen molar-refractivity contribution in [1.82, 2.24) is 9.97 Å². The number of aryl methyl sites for hydroxylation is 3. The molecule has 1 heterocycles. The van der Waals surface area contributed by atoms with Crippen LogP contribution in [0.2, 0.25) is 14.8 Å². The van der Waals surface area contributed by atoms with Crippen LogP contribution in [0.25, 0.3) is 0 Å². The third-order valence-corrected chi connectivity index (χ3v) is 7.60. The molecule has 0 aliphatic carbocycles. The summed E-state index contributed by atoms with van der Waals surface area (Å²) in [6.45, 7) is 6.15. The van der Waals surface area contributed by atoms with Crippen LogP contribution in [0.1, 0.15) is 17.1 Å². The number of hydrogen-bond donors (Lipinski definition) is 0. The number of hydrogen-bond acceptors (Lipinski definition) is 2. The van der Waals surface area contributed by atoms with Gasteiger partial charge in [-0.15, -0.1) is 0 Å². The van der Waals surface area contributed by atoms with Crippen LogP contribution in [0.15, 0.2) is 0 Å². The fourth-order valence-electron chi connectivity index (χ4n) is 1.43. The maximum absolute atomic E-state index is 4.67. The van der Waals surface area contributed by atoms with Crippen molar-refractivity contribution in [2.75, 3.05) is 0 Å². The van der Waals surface area contributed by atoms with E-state index in [-0.39, 0.29) is 0 Å². The van der Waals surface area contributed by atoms with Gasteiger partial charge in [0.05, 0.1) is 0 Å². The number of rotatable bonds is 1. The zero-order valence-electron chi connectivity index (χ0n) is 9.39. The summed E-state index contributed by atoms with van der Waals surface area (Å²) in [6.07, 6.45) is 0. The van der Waals surface area contributed by atoms with E-state index in [9.17, 15) is 0 Å². The van der Waals surface area contributed by atoms with Gasteiger partial charge in [-0.25, -0.2) is 0 Å². The second kappa shape index (κ2) is 3.56. The molecule has 0 fully saturated rings. The van der Waals surface area contributed by atoms with Gasteiger partial charge in [0.2, 0.25) is 0 Å². The molecule has 1 aromatic rings. The summed E-state index contributed by atoms with van der Waals surface area (Å²) < 4.78 is 1.32. The Morgan fingerprint density at radius 2 is 1.23 bits per heavy atom. The summed E-state index contributed by atoms with van der Waals surface area (Å²) in [7, 11) is 0. The molecule has 1 aromatic heterocycles. The van der Waals surface area contributed by atoms with Crippen molar-refractivity contribution in [2.45, 2.75) is 35.6 Å². The number of nitrogens with zero attached hydrogens (tertiary/aromatic N) is 2. The molecule has 0 atom stereocenters. The predicted octanol–water partition coefficient (Wildman–Crippen LogP) is 1.95. The second-order valence-corrected chi connectivity index (χ2v) is 18.8. The summed E-state index contributed by atoms with van der Waals surface area (Å²) >= 11 is -2.02. The van der Waals surface area contributed by atoms with Gasteiger partial charge in [0.1, 0.15) is 0 Å². The fraction of sp³-hybridized carbons (Fsp3) is 0.600. The molecule has 1 rings (SSSR count). The van der Waals surface area contributed by atoms with Gasteiger partial charge in [0.15, 0.2) is 0 Å². The topological polar surface area (TPSA) is 25.8 Å². The van der Waals surface area contributed by atoms with E-state index in [0.717, 1.165) is 17.1 Å². The van der Waals surface area contributed by atoms with Crippen molar-refractivity contribution >= 4 is 22.1 Å². The molecule has 3 heteroatoms. The molecule has 2 nitrogen and oxygen atoms in total. The van der Waals surface area contributed by atoms with Crippen LogP contribution < -0.4 is 3.71 Å². The van der Waals surface area contributed by atoms with Crippen molar-refractivity contribution in [2.24, 2.45) is 0 Å². The molecule has 0 aromatic carbocycles. The Bertz CT molecular complexity index is 326. The summed E-state index contributed by atoms with van der Waals surface area (Å²) in [5.74, 6) is 0. The van der Waals surface area contributed by atoms with E-state index in [1.54, 1.807) is 0 Å². The first kappa shape index (κ1) is 11.0. The van der Waals surface area contributed by atoms with Gasteiger partial charge in [-0.2, -0.15) is 0 Å². The maximum atomic E-state index is 4.67. The Morgan fingerprint density at radius 1 is 0.769 bits per heavy atom. The van der Waals surface area contributed by atoms with Crippen LogP contribution in [0, 0.1) is 20.8 Å². The molecule has 0 amide bonds. The summed E-state index contributed by atoms with van der Waals surface area (Å²) in [4.78, 5) is 16.3. The third kappa shape index (κ3) is 2.42.